The van der Waals surface area contributed by atoms with E-state index in [9.17, 15) is 0 Å². The van der Waals surface area contributed by atoms with Gasteiger partial charge in [0.05, 0.1) is 0 Å². The lowest BCUT2D eigenvalue weighted by atomic mass is 9.81. The zero-order valence-corrected chi connectivity index (χ0v) is 29.1. The number of benzene rings is 3. The van der Waals surface area contributed by atoms with Crippen molar-refractivity contribution in [3.8, 4) is 0 Å². The largest absolute Gasteiger partial charge is 0.465 e. The molecule has 1 heteroatoms. The molecule has 4 aromatic rings. The summed E-state index contributed by atoms with van der Waals surface area (Å²) in [6.45, 7) is 32.2. The highest BCUT2D eigenvalue weighted by molar-refractivity contribution is 5.57. The molecule has 42 heavy (non-hydrogen) atoms. The van der Waals surface area contributed by atoms with Crippen LogP contribution in [0.1, 0.15) is 126 Å². The van der Waals surface area contributed by atoms with Crippen LogP contribution in [0.4, 0.5) is 0 Å². The number of rotatable bonds is 8. The van der Waals surface area contributed by atoms with Crippen LogP contribution in [0, 0.1) is 83.1 Å². The summed E-state index contributed by atoms with van der Waals surface area (Å²) in [7, 11) is 0. The topological polar surface area (TPSA) is 13.1 Å². The average molecular weight is 563 g/mol. The Kier molecular flexibility index (Phi) is 9.31. The number of hydrogen-bond acceptors (Lipinski definition) is 1. The molecule has 3 aromatic carbocycles. The van der Waals surface area contributed by atoms with E-state index in [0.29, 0.717) is 0 Å². The van der Waals surface area contributed by atoms with Crippen LogP contribution in [-0.2, 0) is 32.1 Å². The molecule has 0 bridgehead atoms. The van der Waals surface area contributed by atoms with E-state index in [-0.39, 0.29) is 0 Å². The zero-order chi connectivity index (χ0) is 31.2. The lowest BCUT2D eigenvalue weighted by Gasteiger charge is -2.24. The SMILES string of the molecule is CCc1c(C)c(C)c(Cc2ccc(Cc3c(C)c(C)c(Cc4c(C)c(C)c(CC)c(C)c4C)c(C)c3C)o2)c(C)c1C. The lowest BCUT2D eigenvalue weighted by molar-refractivity contribution is 0.481. The van der Waals surface area contributed by atoms with Gasteiger partial charge in [-0.25, -0.2) is 0 Å². The van der Waals surface area contributed by atoms with Gasteiger partial charge in [0.2, 0.25) is 0 Å². The summed E-state index contributed by atoms with van der Waals surface area (Å²) in [6.07, 6.45) is 4.88. The van der Waals surface area contributed by atoms with E-state index in [1.54, 1.807) is 0 Å². The highest BCUT2D eigenvalue weighted by Crippen LogP contribution is 2.35. The van der Waals surface area contributed by atoms with E-state index >= 15 is 0 Å². The molecule has 0 saturated carbocycles. The first-order chi connectivity index (χ1) is 19.7. The predicted molar refractivity (Wildman–Crippen MR) is 182 cm³/mol. The first kappa shape index (κ1) is 31.9. The van der Waals surface area contributed by atoms with Crippen LogP contribution >= 0.6 is 0 Å². The van der Waals surface area contributed by atoms with Crippen molar-refractivity contribution in [2.24, 2.45) is 0 Å². The molecule has 0 fully saturated rings. The van der Waals surface area contributed by atoms with Gasteiger partial charge in [-0.15, -0.1) is 0 Å². The Morgan fingerprint density at radius 1 is 0.333 bits per heavy atom. The fourth-order valence-electron chi connectivity index (χ4n) is 7.66. The van der Waals surface area contributed by atoms with E-state index in [2.05, 4.69) is 109 Å². The third-order valence-corrected chi connectivity index (χ3v) is 11.3. The smallest absolute Gasteiger partial charge is 0.108 e. The molecule has 4 rings (SSSR count). The maximum absolute atomic E-state index is 6.53. The third kappa shape index (κ3) is 5.41. The molecule has 0 saturated heterocycles. The molecule has 0 N–H and O–H groups in total. The minimum atomic E-state index is 0.839. The highest BCUT2D eigenvalue weighted by Gasteiger charge is 2.21. The van der Waals surface area contributed by atoms with Gasteiger partial charge in [-0.3, -0.25) is 0 Å². The fourth-order valence-corrected chi connectivity index (χ4v) is 7.66. The molecular formula is C41H54O. The average Bonchev–Trinajstić information content (AvgIpc) is 3.41. The van der Waals surface area contributed by atoms with Gasteiger partial charge in [0, 0.05) is 12.8 Å². The van der Waals surface area contributed by atoms with Crippen molar-refractivity contribution < 1.29 is 4.42 Å². The summed E-state index contributed by atoms with van der Waals surface area (Å²) >= 11 is 0. The van der Waals surface area contributed by atoms with Gasteiger partial charge in [0.25, 0.3) is 0 Å². The molecule has 0 aliphatic heterocycles. The second-order valence-corrected chi connectivity index (χ2v) is 13.0. The van der Waals surface area contributed by atoms with Gasteiger partial charge >= 0.3 is 0 Å². The number of hydrogen-bond donors (Lipinski definition) is 0. The maximum atomic E-state index is 6.53. The van der Waals surface area contributed by atoms with Gasteiger partial charge in [0.1, 0.15) is 11.5 Å². The second kappa shape index (κ2) is 12.3. The van der Waals surface area contributed by atoms with Crippen molar-refractivity contribution in [1.82, 2.24) is 0 Å². The normalized spacial score (nSPS) is 11.6. The van der Waals surface area contributed by atoms with Crippen molar-refractivity contribution in [3.63, 3.8) is 0 Å². The third-order valence-electron chi connectivity index (χ3n) is 11.3. The summed E-state index contributed by atoms with van der Waals surface area (Å²) in [4.78, 5) is 0. The number of furan rings is 1. The molecule has 1 nitrogen and oxygen atoms in total. The van der Waals surface area contributed by atoms with Gasteiger partial charge in [-0.1, -0.05) is 13.8 Å². The highest BCUT2D eigenvalue weighted by atomic mass is 16.3. The Balaban J connectivity index is 1.66. The zero-order valence-electron chi connectivity index (χ0n) is 29.1. The summed E-state index contributed by atoms with van der Waals surface area (Å²) in [5, 5.41) is 0. The Labute approximate surface area is 256 Å². The van der Waals surface area contributed by atoms with Crippen molar-refractivity contribution >= 4 is 0 Å². The summed E-state index contributed by atoms with van der Waals surface area (Å²) in [6, 6.07) is 4.40. The monoisotopic (exact) mass is 562 g/mol. The molecule has 0 unspecified atom stereocenters. The van der Waals surface area contributed by atoms with Crippen LogP contribution in [0.15, 0.2) is 16.5 Å². The van der Waals surface area contributed by atoms with Crippen LogP contribution in [0.3, 0.4) is 0 Å². The van der Waals surface area contributed by atoms with E-state index in [1.165, 1.54) is 100 Å². The lowest BCUT2D eigenvalue weighted by Crippen LogP contribution is -2.10. The minimum absolute atomic E-state index is 0.839. The Hall–Kier alpha value is -3.06. The molecule has 0 spiro atoms. The van der Waals surface area contributed by atoms with Gasteiger partial charge in [-0.05, 0) is 215 Å². The van der Waals surface area contributed by atoms with E-state index in [0.717, 1.165) is 43.6 Å². The van der Waals surface area contributed by atoms with Crippen LogP contribution in [0.5, 0.6) is 0 Å². The Bertz CT molecular complexity index is 1580. The molecule has 0 amide bonds. The summed E-state index contributed by atoms with van der Waals surface area (Å²) < 4.78 is 6.53. The molecule has 0 atom stereocenters. The van der Waals surface area contributed by atoms with Gasteiger partial charge in [-0.2, -0.15) is 0 Å². The summed E-state index contributed by atoms with van der Waals surface area (Å²) in [5.74, 6) is 2.12. The van der Waals surface area contributed by atoms with E-state index < -0.39 is 0 Å². The molecular weight excluding hydrogens is 508 g/mol. The summed E-state index contributed by atoms with van der Waals surface area (Å²) in [5.41, 5.74) is 26.2. The first-order valence-corrected chi connectivity index (χ1v) is 16.1. The van der Waals surface area contributed by atoms with E-state index in [1.807, 2.05) is 0 Å². The Morgan fingerprint density at radius 3 is 0.786 bits per heavy atom. The Morgan fingerprint density at radius 2 is 0.548 bits per heavy atom. The molecule has 1 aromatic heterocycles. The quantitative estimate of drug-likeness (QED) is 0.208. The molecule has 224 valence electrons. The van der Waals surface area contributed by atoms with E-state index in [4.69, 9.17) is 4.42 Å². The minimum Gasteiger partial charge on any atom is -0.465 e. The van der Waals surface area contributed by atoms with Gasteiger partial charge < -0.3 is 4.42 Å². The fraction of sp³-hybridized carbons (Fsp3) is 0.463. The molecule has 0 radical (unpaired) electrons. The van der Waals surface area contributed by atoms with Crippen LogP contribution in [0.25, 0.3) is 0 Å². The second-order valence-electron chi connectivity index (χ2n) is 13.0. The van der Waals surface area contributed by atoms with Crippen LogP contribution < -0.4 is 0 Å². The van der Waals surface area contributed by atoms with Crippen molar-refractivity contribution in [2.75, 3.05) is 0 Å². The van der Waals surface area contributed by atoms with Gasteiger partial charge in [0.15, 0.2) is 0 Å². The van der Waals surface area contributed by atoms with Crippen molar-refractivity contribution in [3.05, 3.63) is 124 Å². The maximum Gasteiger partial charge on any atom is 0.108 e. The van der Waals surface area contributed by atoms with Crippen molar-refractivity contribution in [2.45, 2.75) is 129 Å². The standard InChI is InChI=1S/C41H54O/c1-15-36-22(3)26(7)38(27(8)23(36)4)19-34-17-18-35(42-34)20-39-30(11)32(13)41(33(14)31(39)12)21-40-28(9)24(5)37(16-2)25(6)29(40)10/h17-18H,15-16,19-21H2,1-14H3. The molecule has 0 aliphatic carbocycles. The molecule has 1 heterocycles. The van der Waals surface area contributed by atoms with Crippen LogP contribution in [-0.4, -0.2) is 0 Å². The first-order valence-electron chi connectivity index (χ1n) is 16.1. The van der Waals surface area contributed by atoms with Crippen molar-refractivity contribution in [1.29, 1.82) is 0 Å². The molecule has 0 aliphatic rings. The van der Waals surface area contributed by atoms with Crippen LogP contribution in [0.2, 0.25) is 0 Å². The predicted octanol–water partition coefficient (Wildman–Crippen LogP) is 10.9.